The molecule has 0 aliphatic heterocycles. The van der Waals surface area contributed by atoms with Crippen LogP contribution < -0.4 is 10.5 Å². The van der Waals surface area contributed by atoms with Gasteiger partial charge in [0.05, 0.1) is 18.3 Å². The lowest BCUT2D eigenvalue weighted by Gasteiger charge is -2.09. The fourth-order valence-corrected chi connectivity index (χ4v) is 2.18. The second kappa shape index (κ2) is 4.69. The molecule has 7 heteroatoms. The van der Waals surface area contributed by atoms with Gasteiger partial charge in [0.15, 0.2) is 17.4 Å². The third-order valence-corrected chi connectivity index (χ3v) is 3.10. The largest absolute Gasteiger partial charge is 0.494 e. The molecule has 1 heterocycles. The lowest BCUT2D eigenvalue weighted by molar-refractivity contribution is 0.386. The quantitative estimate of drug-likeness (QED) is 0.790. The van der Waals surface area contributed by atoms with Gasteiger partial charge in [-0.3, -0.25) is 4.57 Å². The number of nitrogen functional groups attached to an aromatic ring is 1. The van der Waals surface area contributed by atoms with Crippen molar-refractivity contribution in [3.8, 4) is 11.4 Å². The van der Waals surface area contributed by atoms with Crippen LogP contribution in [0.15, 0.2) is 30.3 Å². The molecule has 0 aliphatic carbocycles. The number of nitrogens with two attached hydrogens (primary N) is 1. The summed E-state index contributed by atoms with van der Waals surface area (Å²) in [5, 5.41) is 0. The average molecular weight is 293 g/mol. The van der Waals surface area contributed by atoms with Crippen molar-refractivity contribution in [3.05, 3.63) is 47.8 Å². The van der Waals surface area contributed by atoms with E-state index in [9.17, 15) is 13.2 Å². The molecule has 0 aliphatic rings. The molecule has 3 aromatic rings. The highest BCUT2D eigenvalue weighted by Crippen LogP contribution is 2.28. The molecule has 0 amide bonds. The van der Waals surface area contributed by atoms with E-state index in [2.05, 4.69) is 4.98 Å². The van der Waals surface area contributed by atoms with Gasteiger partial charge in [-0.05, 0) is 12.1 Å². The number of ether oxygens (including phenoxy) is 1. The molecule has 0 bridgehead atoms. The van der Waals surface area contributed by atoms with Crippen LogP contribution in [0.2, 0.25) is 0 Å². The minimum absolute atomic E-state index is 0.00868. The fraction of sp³-hybridized carbons (Fsp3) is 0.0714. The number of rotatable bonds is 2. The topological polar surface area (TPSA) is 53.1 Å². The molecule has 0 fully saturated rings. The summed E-state index contributed by atoms with van der Waals surface area (Å²) in [6.07, 6.45) is 0. The highest BCUT2D eigenvalue weighted by molar-refractivity contribution is 5.81. The molecule has 0 radical (unpaired) electrons. The van der Waals surface area contributed by atoms with Gasteiger partial charge in [-0.25, -0.2) is 18.2 Å². The predicted octanol–water partition coefficient (Wildman–Crippen LogP) is 3.03. The Bertz CT molecular complexity index is 845. The summed E-state index contributed by atoms with van der Waals surface area (Å²) < 4.78 is 46.8. The van der Waals surface area contributed by atoms with Crippen LogP contribution in [0.3, 0.4) is 0 Å². The van der Waals surface area contributed by atoms with Crippen molar-refractivity contribution in [2.75, 3.05) is 12.8 Å². The minimum atomic E-state index is -0.815. The van der Waals surface area contributed by atoms with E-state index in [4.69, 9.17) is 10.5 Å². The van der Waals surface area contributed by atoms with Crippen LogP contribution in [0.5, 0.6) is 5.75 Å². The van der Waals surface area contributed by atoms with Crippen LogP contribution >= 0.6 is 0 Å². The van der Waals surface area contributed by atoms with Crippen molar-refractivity contribution in [2.24, 2.45) is 0 Å². The van der Waals surface area contributed by atoms with E-state index < -0.39 is 17.5 Å². The molecule has 3 rings (SSSR count). The van der Waals surface area contributed by atoms with Gasteiger partial charge in [0, 0.05) is 18.2 Å². The standard InChI is InChI=1S/C14H10F3N3O/c1-21-12-6-8(2-3-9(12)16)20-11-5-7(15)4-10(17)13(11)19-14(20)18/h2-6H,1H3,(H2,18,19). The first-order valence-corrected chi connectivity index (χ1v) is 5.98. The van der Waals surface area contributed by atoms with Gasteiger partial charge in [0.2, 0.25) is 5.95 Å². The number of imidazole rings is 1. The van der Waals surface area contributed by atoms with Gasteiger partial charge >= 0.3 is 0 Å². The monoisotopic (exact) mass is 293 g/mol. The second-order valence-corrected chi connectivity index (χ2v) is 4.38. The summed E-state index contributed by atoms with van der Waals surface area (Å²) >= 11 is 0. The smallest absolute Gasteiger partial charge is 0.206 e. The van der Waals surface area contributed by atoms with E-state index >= 15 is 0 Å². The minimum Gasteiger partial charge on any atom is -0.494 e. The van der Waals surface area contributed by atoms with Gasteiger partial charge in [0.25, 0.3) is 0 Å². The zero-order chi connectivity index (χ0) is 15.1. The number of benzene rings is 2. The van der Waals surface area contributed by atoms with Gasteiger partial charge < -0.3 is 10.5 Å². The molecular weight excluding hydrogens is 283 g/mol. The van der Waals surface area contributed by atoms with Crippen molar-refractivity contribution in [2.45, 2.75) is 0 Å². The normalized spacial score (nSPS) is 11.0. The summed E-state index contributed by atoms with van der Waals surface area (Å²) in [7, 11) is 1.32. The highest BCUT2D eigenvalue weighted by Gasteiger charge is 2.16. The van der Waals surface area contributed by atoms with Crippen molar-refractivity contribution in [1.29, 1.82) is 0 Å². The number of aromatic nitrogens is 2. The Labute approximate surface area is 117 Å². The number of nitrogens with zero attached hydrogens (tertiary/aromatic N) is 2. The summed E-state index contributed by atoms with van der Waals surface area (Å²) in [4.78, 5) is 3.87. The number of methoxy groups -OCH3 is 1. The molecule has 1 aromatic heterocycles. The molecular formula is C14H10F3N3O. The van der Waals surface area contributed by atoms with Crippen LogP contribution in [-0.2, 0) is 0 Å². The molecule has 0 unspecified atom stereocenters. The second-order valence-electron chi connectivity index (χ2n) is 4.38. The van der Waals surface area contributed by atoms with Crippen molar-refractivity contribution < 1.29 is 17.9 Å². The first kappa shape index (κ1) is 13.3. The van der Waals surface area contributed by atoms with Crippen LogP contribution in [0.4, 0.5) is 19.1 Å². The molecule has 4 nitrogen and oxygen atoms in total. The van der Waals surface area contributed by atoms with E-state index in [1.165, 1.54) is 29.9 Å². The number of anilines is 1. The maximum atomic E-state index is 13.7. The van der Waals surface area contributed by atoms with Crippen LogP contribution in [0, 0.1) is 17.5 Å². The third kappa shape index (κ3) is 2.06. The third-order valence-electron chi connectivity index (χ3n) is 3.10. The lowest BCUT2D eigenvalue weighted by Crippen LogP contribution is -2.01. The Hall–Kier alpha value is -2.70. The average Bonchev–Trinajstić information content (AvgIpc) is 2.76. The Morgan fingerprint density at radius 1 is 1.10 bits per heavy atom. The molecule has 0 spiro atoms. The molecule has 108 valence electrons. The van der Waals surface area contributed by atoms with Gasteiger partial charge in [-0.2, -0.15) is 0 Å². The first-order chi connectivity index (χ1) is 10.0. The van der Waals surface area contributed by atoms with Crippen molar-refractivity contribution >= 4 is 17.0 Å². The zero-order valence-corrected chi connectivity index (χ0v) is 10.9. The Morgan fingerprint density at radius 2 is 1.86 bits per heavy atom. The molecule has 2 N–H and O–H groups in total. The van der Waals surface area contributed by atoms with E-state index in [1.54, 1.807) is 0 Å². The predicted molar refractivity (Wildman–Crippen MR) is 71.9 cm³/mol. The summed E-state index contributed by atoms with van der Waals surface area (Å²) in [5.74, 6) is -2.17. The maximum absolute atomic E-state index is 13.7. The molecule has 21 heavy (non-hydrogen) atoms. The van der Waals surface area contributed by atoms with E-state index in [0.717, 1.165) is 12.1 Å². The summed E-state index contributed by atoms with van der Waals surface area (Å²) in [6, 6.07) is 5.80. The van der Waals surface area contributed by atoms with E-state index in [1.807, 2.05) is 0 Å². The van der Waals surface area contributed by atoms with Crippen molar-refractivity contribution in [1.82, 2.24) is 9.55 Å². The van der Waals surface area contributed by atoms with E-state index in [0.29, 0.717) is 5.69 Å². The Kier molecular flexibility index (Phi) is 2.97. The zero-order valence-electron chi connectivity index (χ0n) is 10.9. The number of hydrogen-bond donors (Lipinski definition) is 1. The van der Waals surface area contributed by atoms with Gasteiger partial charge in [-0.1, -0.05) is 0 Å². The molecule has 0 saturated carbocycles. The fourth-order valence-electron chi connectivity index (χ4n) is 2.18. The highest BCUT2D eigenvalue weighted by atomic mass is 19.1. The SMILES string of the molecule is COc1cc(-n2c(N)nc3c(F)cc(F)cc32)ccc1F. The Balaban J connectivity index is 2.32. The van der Waals surface area contributed by atoms with Gasteiger partial charge in [0.1, 0.15) is 11.3 Å². The maximum Gasteiger partial charge on any atom is 0.206 e. The van der Waals surface area contributed by atoms with Crippen LogP contribution in [-0.4, -0.2) is 16.7 Å². The lowest BCUT2D eigenvalue weighted by atomic mass is 10.2. The van der Waals surface area contributed by atoms with Crippen molar-refractivity contribution in [3.63, 3.8) is 0 Å². The van der Waals surface area contributed by atoms with E-state index in [-0.39, 0.29) is 22.7 Å². The summed E-state index contributed by atoms with van der Waals surface area (Å²) in [6.45, 7) is 0. The molecule has 0 saturated heterocycles. The summed E-state index contributed by atoms with van der Waals surface area (Å²) in [5.41, 5.74) is 6.24. The van der Waals surface area contributed by atoms with Gasteiger partial charge in [-0.15, -0.1) is 0 Å². The number of hydrogen-bond acceptors (Lipinski definition) is 3. The van der Waals surface area contributed by atoms with Crippen LogP contribution in [0.1, 0.15) is 0 Å². The number of fused-ring (bicyclic) bond motifs is 1. The van der Waals surface area contributed by atoms with Crippen LogP contribution in [0.25, 0.3) is 16.7 Å². The molecule has 0 atom stereocenters. The first-order valence-electron chi connectivity index (χ1n) is 5.98. The Morgan fingerprint density at radius 3 is 2.57 bits per heavy atom. The number of halogens is 3. The molecule has 2 aromatic carbocycles.